The molecule has 146 valence electrons. The second kappa shape index (κ2) is 7.93. The number of rotatable bonds is 7. The summed E-state index contributed by atoms with van der Waals surface area (Å²) in [6.45, 7) is 4.04. The number of benzene rings is 1. The molecule has 0 heterocycles. The molecule has 0 aliphatic heterocycles. The molecule has 0 aliphatic carbocycles. The smallest absolute Gasteiger partial charge is 0.328 e. The van der Waals surface area contributed by atoms with Gasteiger partial charge in [0, 0.05) is 23.0 Å². The molecule has 0 bridgehead atoms. The first-order valence-corrected chi connectivity index (χ1v) is 8.43. The van der Waals surface area contributed by atoms with Crippen LogP contribution in [0, 0.1) is 5.82 Å². The van der Waals surface area contributed by atoms with E-state index in [1.54, 1.807) is 4.72 Å². The highest BCUT2D eigenvalue weighted by Crippen LogP contribution is 2.45. The van der Waals surface area contributed by atoms with Gasteiger partial charge in [-0.15, -0.1) is 4.72 Å². The molecule has 0 aromatic heterocycles. The van der Waals surface area contributed by atoms with Crippen molar-refractivity contribution in [3.8, 4) is 0 Å². The topological polar surface area (TPSA) is 72.4 Å². The zero-order valence-electron chi connectivity index (χ0n) is 14.1. The van der Waals surface area contributed by atoms with E-state index in [4.69, 9.17) is 5.11 Å². The summed E-state index contributed by atoms with van der Waals surface area (Å²) in [4.78, 5) is 10.6. The van der Waals surface area contributed by atoms with Crippen molar-refractivity contribution >= 4 is 17.3 Å². The van der Waals surface area contributed by atoms with Crippen LogP contribution in [-0.4, -0.2) is 32.7 Å². The van der Waals surface area contributed by atoms with E-state index in [1.807, 2.05) is 0 Å². The molecule has 1 aromatic rings. The Morgan fingerprint density at radius 2 is 1.81 bits per heavy atom. The summed E-state index contributed by atoms with van der Waals surface area (Å²) in [5.41, 5.74) is -4.88. The van der Waals surface area contributed by atoms with Gasteiger partial charge in [-0.05, 0) is 32.9 Å². The number of carboxylic acid groups (broad SMARTS) is 1. The maximum atomic E-state index is 14.8. The number of hydrogen-bond acceptors (Lipinski definition) is 3. The molecular weight excluding hydrogens is 381 g/mol. The van der Waals surface area contributed by atoms with Crippen molar-refractivity contribution in [3.63, 3.8) is 0 Å². The minimum absolute atomic E-state index is 0.0281. The van der Waals surface area contributed by atoms with E-state index >= 15 is 0 Å². The zero-order chi connectivity index (χ0) is 20.3. The number of nitrogens with one attached hydrogen (secondary N) is 1. The molecule has 0 saturated carbocycles. The summed E-state index contributed by atoms with van der Waals surface area (Å²) in [5, 5.41) is 8.56. The molecule has 1 aromatic carbocycles. The van der Waals surface area contributed by atoms with Crippen LogP contribution >= 0.6 is 0 Å². The zero-order valence-corrected chi connectivity index (χ0v) is 14.9. The monoisotopic (exact) mass is 399 g/mol. The highest BCUT2D eigenvalue weighted by molar-refractivity contribution is 7.90. The summed E-state index contributed by atoms with van der Waals surface area (Å²) in [6.07, 6.45) is -4.24. The second-order valence-corrected chi connectivity index (χ2v) is 8.33. The molecule has 0 amide bonds. The Labute approximate surface area is 150 Å². The Morgan fingerprint density at radius 1 is 1.27 bits per heavy atom. The summed E-state index contributed by atoms with van der Waals surface area (Å²) in [7, 11) is 0. The molecule has 10 heteroatoms. The maximum Gasteiger partial charge on any atom is 0.328 e. The maximum absolute atomic E-state index is 14.8. The van der Waals surface area contributed by atoms with Gasteiger partial charge in [0.1, 0.15) is 10.6 Å². The van der Waals surface area contributed by atoms with E-state index in [9.17, 15) is 31.3 Å². The second-order valence-electron chi connectivity index (χ2n) is 6.37. The molecule has 0 aliphatic rings. The van der Waals surface area contributed by atoms with Gasteiger partial charge >= 0.3 is 5.97 Å². The first-order valence-electron chi connectivity index (χ1n) is 7.28. The SMILES string of the molecule is CC(C)(C)[S+]([O-])NC(c1ccccc1F)(C(F)F)C(F)(F)C=CC(=O)O. The molecule has 2 atom stereocenters. The van der Waals surface area contributed by atoms with Crippen LogP contribution in [0.2, 0.25) is 0 Å². The van der Waals surface area contributed by atoms with Crippen molar-refractivity contribution in [2.45, 2.75) is 43.4 Å². The van der Waals surface area contributed by atoms with E-state index in [0.29, 0.717) is 12.1 Å². The van der Waals surface area contributed by atoms with Crippen LogP contribution in [0.25, 0.3) is 0 Å². The Kier molecular flexibility index (Phi) is 6.83. The Balaban J connectivity index is 3.72. The highest BCUT2D eigenvalue weighted by atomic mass is 32.2. The van der Waals surface area contributed by atoms with Crippen molar-refractivity contribution in [1.29, 1.82) is 0 Å². The summed E-state index contributed by atoms with van der Waals surface area (Å²) in [6, 6.07) is 3.58. The van der Waals surface area contributed by atoms with E-state index in [2.05, 4.69) is 0 Å². The van der Waals surface area contributed by atoms with Crippen LogP contribution < -0.4 is 4.72 Å². The van der Waals surface area contributed by atoms with Gasteiger partial charge in [-0.3, -0.25) is 0 Å². The van der Waals surface area contributed by atoms with Gasteiger partial charge in [0.2, 0.25) is 5.54 Å². The number of aliphatic carboxylic acids is 1. The predicted octanol–water partition coefficient (Wildman–Crippen LogP) is 3.61. The average Bonchev–Trinajstić information content (AvgIpc) is 2.49. The van der Waals surface area contributed by atoms with Gasteiger partial charge < -0.3 is 9.66 Å². The van der Waals surface area contributed by atoms with Crippen molar-refractivity contribution in [2.24, 2.45) is 0 Å². The van der Waals surface area contributed by atoms with E-state index in [0.717, 1.165) is 12.1 Å². The Morgan fingerprint density at radius 3 is 2.23 bits per heavy atom. The molecule has 26 heavy (non-hydrogen) atoms. The molecule has 2 N–H and O–H groups in total. The van der Waals surface area contributed by atoms with Gasteiger partial charge in [0.25, 0.3) is 12.3 Å². The first kappa shape index (κ1) is 22.4. The van der Waals surface area contributed by atoms with Crippen LogP contribution in [0.4, 0.5) is 22.0 Å². The molecule has 0 fully saturated rings. The molecule has 0 saturated heterocycles. The molecule has 0 radical (unpaired) electrons. The van der Waals surface area contributed by atoms with E-state index in [-0.39, 0.29) is 12.2 Å². The van der Waals surface area contributed by atoms with Gasteiger partial charge in [0.15, 0.2) is 0 Å². The number of hydrogen-bond donors (Lipinski definition) is 2. The fourth-order valence-electron chi connectivity index (χ4n) is 2.00. The molecule has 1 rings (SSSR count). The van der Waals surface area contributed by atoms with Gasteiger partial charge in [-0.1, -0.05) is 18.2 Å². The quantitative estimate of drug-likeness (QED) is 0.417. The van der Waals surface area contributed by atoms with Gasteiger partial charge in [-0.25, -0.2) is 18.0 Å². The van der Waals surface area contributed by atoms with Gasteiger partial charge in [-0.2, -0.15) is 8.78 Å². The molecule has 2 unspecified atom stereocenters. The fourth-order valence-corrected chi connectivity index (χ4v) is 2.93. The summed E-state index contributed by atoms with van der Waals surface area (Å²) < 4.78 is 84.4. The Bertz CT molecular complexity index is 678. The lowest BCUT2D eigenvalue weighted by Crippen LogP contribution is -2.64. The van der Waals surface area contributed by atoms with Crippen molar-refractivity contribution in [3.05, 3.63) is 47.8 Å². The van der Waals surface area contributed by atoms with Crippen LogP contribution in [0.15, 0.2) is 36.4 Å². The van der Waals surface area contributed by atoms with Gasteiger partial charge in [0.05, 0.1) is 0 Å². The predicted molar refractivity (Wildman–Crippen MR) is 86.8 cm³/mol. The lowest BCUT2D eigenvalue weighted by atomic mass is 9.84. The van der Waals surface area contributed by atoms with Crippen LogP contribution in [0.3, 0.4) is 0 Å². The van der Waals surface area contributed by atoms with Crippen LogP contribution in [-0.2, 0) is 21.7 Å². The third kappa shape index (κ3) is 4.54. The number of carboxylic acids is 1. The van der Waals surface area contributed by atoms with E-state index < -0.39 is 51.3 Å². The molecule has 0 spiro atoms. The minimum atomic E-state index is -4.59. The third-order valence-electron chi connectivity index (χ3n) is 3.40. The number of alkyl halides is 4. The highest BCUT2D eigenvalue weighted by Gasteiger charge is 2.64. The largest absolute Gasteiger partial charge is 0.598 e. The third-order valence-corrected chi connectivity index (χ3v) is 5.02. The fraction of sp³-hybridized carbons (Fsp3) is 0.438. The first-order chi connectivity index (χ1) is 11.8. The number of halogens is 5. The van der Waals surface area contributed by atoms with E-state index in [1.165, 1.54) is 20.8 Å². The van der Waals surface area contributed by atoms with Crippen molar-refractivity contribution in [1.82, 2.24) is 4.72 Å². The Hall–Kier alpha value is -1.65. The summed E-state index contributed by atoms with van der Waals surface area (Å²) in [5.74, 6) is -7.78. The van der Waals surface area contributed by atoms with Crippen molar-refractivity contribution < 1.29 is 36.4 Å². The number of carbonyl (C=O) groups is 1. The van der Waals surface area contributed by atoms with Crippen molar-refractivity contribution in [2.75, 3.05) is 0 Å². The lowest BCUT2D eigenvalue weighted by molar-refractivity contribution is -0.132. The minimum Gasteiger partial charge on any atom is -0.598 e. The molecular formula is C16H18F5NO3S. The molecule has 4 nitrogen and oxygen atoms in total. The standard InChI is InChI=1S/C16H18F5NO3S/c1-14(2,3)26(25)22-16(13(18)19,10-6-4-5-7-11(10)17)15(20,21)9-8-12(23)24/h4-9,13,22H,1-3H3,(H,23,24). The van der Waals surface area contributed by atoms with Crippen LogP contribution in [0.1, 0.15) is 26.3 Å². The normalized spacial score (nSPS) is 16.7. The average molecular weight is 399 g/mol. The lowest BCUT2D eigenvalue weighted by Gasteiger charge is -2.40. The van der Waals surface area contributed by atoms with Crippen LogP contribution in [0.5, 0.6) is 0 Å². The summed E-state index contributed by atoms with van der Waals surface area (Å²) >= 11 is -2.45.